The van der Waals surface area contributed by atoms with Gasteiger partial charge >= 0.3 is 0 Å². The molecular formula is C12H16N4. The van der Waals surface area contributed by atoms with E-state index in [1.54, 1.807) is 0 Å². The van der Waals surface area contributed by atoms with Crippen molar-refractivity contribution in [2.24, 2.45) is 0 Å². The summed E-state index contributed by atoms with van der Waals surface area (Å²) in [6.45, 7) is 4.25. The highest BCUT2D eigenvalue weighted by atomic mass is 15.2. The number of hydrogen-bond donors (Lipinski definition) is 2. The Kier molecular flexibility index (Phi) is 3.01. The van der Waals surface area contributed by atoms with Crippen LogP contribution in [0.1, 0.15) is 28.6 Å². The van der Waals surface area contributed by atoms with E-state index in [0.29, 0.717) is 0 Å². The maximum absolute atomic E-state index is 4.21. The lowest BCUT2D eigenvalue weighted by Crippen LogP contribution is -2.20. The van der Waals surface area contributed by atoms with Crippen LogP contribution >= 0.6 is 0 Å². The highest BCUT2D eigenvalue weighted by Gasteiger charge is 2.17. The number of aromatic nitrogens is 3. The van der Waals surface area contributed by atoms with E-state index in [4.69, 9.17) is 0 Å². The van der Waals surface area contributed by atoms with Gasteiger partial charge in [0.25, 0.3) is 0 Å². The molecule has 1 aromatic heterocycles. The second kappa shape index (κ2) is 4.45. The van der Waals surface area contributed by atoms with Gasteiger partial charge in [-0.2, -0.15) is 5.10 Å². The monoisotopic (exact) mass is 216 g/mol. The molecule has 84 valence electrons. The Morgan fingerprint density at radius 2 is 2.12 bits per heavy atom. The summed E-state index contributed by atoms with van der Waals surface area (Å²) < 4.78 is 0. The van der Waals surface area contributed by atoms with Crippen molar-refractivity contribution in [1.29, 1.82) is 0 Å². The van der Waals surface area contributed by atoms with Crippen LogP contribution in [0, 0.1) is 13.8 Å². The second-order valence-electron chi connectivity index (χ2n) is 3.88. The van der Waals surface area contributed by atoms with Crippen LogP contribution in [0.2, 0.25) is 0 Å². The smallest absolute Gasteiger partial charge is 0.145 e. The van der Waals surface area contributed by atoms with Crippen molar-refractivity contribution in [3.05, 3.63) is 47.0 Å². The average Bonchev–Trinajstić information content (AvgIpc) is 2.79. The summed E-state index contributed by atoms with van der Waals surface area (Å²) >= 11 is 0. The number of H-pyrrole nitrogens is 1. The van der Waals surface area contributed by atoms with Crippen molar-refractivity contribution in [2.75, 3.05) is 7.05 Å². The predicted molar refractivity (Wildman–Crippen MR) is 63.2 cm³/mol. The van der Waals surface area contributed by atoms with Gasteiger partial charge in [-0.05, 0) is 37.6 Å². The van der Waals surface area contributed by atoms with Crippen LogP contribution in [0.25, 0.3) is 0 Å². The SMILES string of the molecule is CNC(c1ncn[nH]1)c1cccc(C)c1C. The molecule has 0 radical (unpaired) electrons. The van der Waals surface area contributed by atoms with E-state index in [-0.39, 0.29) is 6.04 Å². The van der Waals surface area contributed by atoms with Gasteiger partial charge in [0.2, 0.25) is 0 Å². The molecule has 1 heterocycles. The molecule has 1 unspecified atom stereocenters. The fraction of sp³-hybridized carbons (Fsp3) is 0.333. The quantitative estimate of drug-likeness (QED) is 0.821. The third-order valence-electron chi connectivity index (χ3n) is 2.95. The second-order valence-corrected chi connectivity index (χ2v) is 3.88. The largest absolute Gasteiger partial charge is 0.307 e. The van der Waals surface area contributed by atoms with Gasteiger partial charge in [0, 0.05) is 0 Å². The molecule has 0 aliphatic heterocycles. The normalized spacial score (nSPS) is 12.7. The Morgan fingerprint density at radius 1 is 1.31 bits per heavy atom. The number of nitrogens with zero attached hydrogens (tertiary/aromatic N) is 2. The summed E-state index contributed by atoms with van der Waals surface area (Å²) in [5.74, 6) is 0.844. The molecule has 0 amide bonds. The number of aryl methyl sites for hydroxylation is 1. The van der Waals surface area contributed by atoms with Crippen LogP contribution in [0.3, 0.4) is 0 Å². The molecule has 16 heavy (non-hydrogen) atoms. The van der Waals surface area contributed by atoms with Gasteiger partial charge in [-0.3, -0.25) is 5.10 Å². The standard InChI is InChI=1S/C12H16N4/c1-8-5-4-6-10(9(8)2)11(13-3)12-14-7-15-16-12/h4-7,11,13H,1-3H3,(H,14,15,16). The highest BCUT2D eigenvalue weighted by Crippen LogP contribution is 2.23. The zero-order valence-corrected chi connectivity index (χ0v) is 9.78. The third-order valence-corrected chi connectivity index (χ3v) is 2.95. The maximum atomic E-state index is 4.21. The maximum Gasteiger partial charge on any atom is 0.145 e. The summed E-state index contributed by atoms with van der Waals surface area (Å²) in [5.41, 5.74) is 3.81. The minimum absolute atomic E-state index is 0.0717. The van der Waals surface area contributed by atoms with Crippen molar-refractivity contribution in [3.63, 3.8) is 0 Å². The Balaban J connectivity index is 2.45. The van der Waals surface area contributed by atoms with E-state index in [9.17, 15) is 0 Å². The fourth-order valence-electron chi connectivity index (χ4n) is 1.88. The Bertz CT molecular complexity index is 462. The van der Waals surface area contributed by atoms with Crippen LogP contribution in [0.4, 0.5) is 0 Å². The molecule has 1 aromatic carbocycles. The fourth-order valence-corrected chi connectivity index (χ4v) is 1.88. The van der Waals surface area contributed by atoms with Crippen LogP contribution in [-0.2, 0) is 0 Å². The van der Waals surface area contributed by atoms with E-state index in [2.05, 4.69) is 52.5 Å². The third kappa shape index (κ3) is 1.84. The summed E-state index contributed by atoms with van der Waals surface area (Å²) in [6, 6.07) is 6.37. The summed E-state index contributed by atoms with van der Waals surface area (Å²) in [5, 5.41) is 10.1. The molecule has 2 rings (SSSR count). The first-order valence-electron chi connectivity index (χ1n) is 5.32. The first-order chi connectivity index (χ1) is 7.74. The summed E-state index contributed by atoms with van der Waals surface area (Å²) in [6.07, 6.45) is 1.53. The summed E-state index contributed by atoms with van der Waals surface area (Å²) in [7, 11) is 1.93. The lowest BCUT2D eigenvalue weighted by Gasteiger charge is -2.17. The average molecular weight is 216 g/mol. The molecule has 4 nitrogen and oxygen atoms in total. The van der Waals surface area contributed by atoms with Gasteiger partial charge < -0.3 is 5.32 Å². The molecule has 0 aliphatic carbocycles. The van der Waals surface area contributed by atoms with Crippen LogP contribution < -0.4 is 5.32 Å². The molecule has 0 saturated carbocycles. The van der Waals surface area contributed by atoms with Gasteiger partial charge in [0.05, 0.1) is 6.04 Å². The zero-order chi connectivity index (χ0) is 11.5. The predicted octanol–water partition coefficient (Wildman–Crippen LogP) is 1.73. The van der Waals surface area contributed by atoms with E-state index in [0.717, 1.165) is 5.82 Å². The Morgan fingerprint density at radius 3 is 2.75 bits per heavy atom. The molecule has 2 aromatic rings. The number of aromatic amines is 1. The topological polar surface area (TPSA) is 53.6 Å². The van der Waals surface area contributed by atoms with Gasteiger partial charge in [-0.25, -0.2) is 4.98 Å². The van der Waals surface area contributed by atoms with Gasteiger partial charge in [-0.15, -0.1) is 0 Å². The number of rotatable bonds is 3. The lowest BCUT2D eigenvalue weighted by atomic mass is 9.97. The van der Waals surface area contributed by atoms with Crippen LogP contribution in [0.15, 0.2) is 24.5 Å². The van der Waals surface area contributed by atoms with Crippen molar-refractivity contribution in [2.45, 2.75) is 19.9 Å². The highest BCUT2D eigenvalue weighted by molar-refractivity contribution is 5.37. The number of hydrogen-bond acceptors (Lipinski definition) is 3. The van der Waals surface area contributed by atoms with Gasteiger partial charge in [0.1, 0.15) is 12.2 Å². The number of nitrogens with one attached hydrogen (secondary N) is 2. The van der Waals surface area contributed by atoms with Gasteiger partial charge in [0.15, 0.2) is 0 Å². The van der Waals surface area contributed by atoms with E-state index in [1.165, 1.54) is 23.0 Å². The zero-order valence-electron chi connectivity index (χ0n) is 9.78. The van der Waals surface area contributed by atoms with Crippen LogP contribution in [-0.4, -0.2) is 22.2 Å². The van der Waals surface area contributed by atoms with E-state index >= 15 is 0 Å². The van der Waals surface area contributed by atoms with Crippen molar-refractivity contribution in [1.82, 2.24) is 20.5 Å². The van der Waals surface area contributed by atoms with Gasteiger partial charge in [-0.1, -0.05) is 18.2 Å². The van der Waals surface area contributed by atoms with E-state index in [1.807, 2.05) is 7.05 Å². The summed E-state index contributed by atoms with van der Waals surface area (Å²) in [4.78, 5) is 4.21. The Labute approximate surface area is 95.1 Å². The molecule has 4 heteroatoms. The van der Waals surface area contributed by atoms with E-state index < -0.39 is 0 Å². The first kappa shape index (κ1) is 10.8. The molecule has 1 atom stereocenters. The van der Waals surface area contributed by atoms with Crippen LogP contribution in [0.5, 0.6) is 0 Å². The molecule has 0 fully saturated rings. The van der Waals surface area contributed by atoms with Crippen molar-refractivity contribution < 1.29 is 0 Å². The molecule has 0 saturated heterocycles. The van der Waals surface area contributed by atoms with Crippen molar-refractivity contribution in [3.8, 4) is 0 Å². The Hall–Kier alpha value is -1.68. The first-order valence-corrected chi connectivity index (χ1v) is 5.32. The number of benzene rings is 1. The molecular weight excluding hydrogens is 200 g/mol. The minimum Gasteiger partial charge on any atom is -0.307 e. The molecule has 0 spiro atoms. The van der Waals surface area contributed by atoms with Crippen molar-refractivity contribution >= 4 is 0 Å². The molecule has 2 N–H and O–H groups in total. The minimum atomic E-state index is 0.0717. The lowest BCUT2D eigenvalue weighted by molar-refractivity contribution is 0.645. The molecule has 0 bridgehead atoms. The molecule has 0 aliphatic rings.